The van der Waals surface area contributed by atoms with E-state index in [1.54, 1.807) is 0 Å². The Balaban J connectivity index is 2.18. The molecule has 0 aliphatic rings. The molecule has 1 N–H and O–H groups in total. The minimum Gasteiger partial charge on any atom is -0.380 e. The lowest BCUT2D eigenvalue weighted by atomic mass is 10.2. The molecule has 3 heteroatoms. The van der Waals surface area contributed by atoms with Gasteiger partial charge in [-0.25, -0.2) is 0 Å². The van der Waals surface area contributed by atoms with Gasteiger partial charge in [0.1, 0.15) is 0 Å². The lowest BCUT2D eigenvalue weighted by Crippen LogP contribution is -2.23. The van der Waals surface area contributed by atoms with E-state index in [2.05, 4.69) is 45.1 Å². The molecule has 0 fully saturated rings. The van der Waals surface area contributed by atoms with Gasteiger partial charge in [-0.2, -0.15) is 0 Å². The molecule has 2 nitrogen and oxygen atoms in total. The van der Waals surface area contributed by atoms with Crippen LogP contribution >= 0.6 is 11.3 Å². The third-order valence-corrected chi connectivity index (χ3v) is 4.02. The van der Waals surface area contributed by atoms with E-state index in [1.807, 2.05) is 11.3 Å². The number of hydrogen-bond donors (Lipinski definition) is 1. The van der Waals surface area contributed by atoms with Crippen molar-refractivity contribution >= 4 is 11.3 Å². The minimum absolute atomic E-state index is 0.433. The SMILES string of the molecule is CCc1ccc(C(C)NCCOCC(C)C)s1. The molecule has 0 aliphatic carbocycles. The molecule has 1 heterocycles. The summed E-state index contributed by atoms with van der Waals surface area (Å²) < 4.78 is 5.55. The van der Waals surface area contributed by atoms with Crippen LogP contribution in [0, 0.1) is 5.92 Å². The van der Waals surface area contributed by atoms with Gasteiger partial charge in [0.25, 0.3) is 0 Å². The fourth-order valence-electron chi connectivity index (χ4n) is 1.58. The van der Waals surface area contributed by atoms with E-state index < -0.39 is 0 Å². The number of hydrogen-bond acceptors (Lipinski definition) is 3. The highest BCUT2D eigenvalue weighted by molar-refractivity contribution is 7.12. The van der Waals surface area contributed by atoms with Crippen LogP contribution in [-0.4, -0.2) is 19.8 Å². The predicted octanol–water partition coefficient (Wildman–Crippen LogP) is 3.63. The van der Waals surface area contributed by atoms with E-state index in [9.17, 15) is 0 Å². The molecule has 1 unspecified atom stereocenters. The summed E-state index contributed by atoms with van der Waals surface area (Å²) in [6, 6.07) is 4.90. The Labute approximate surface area is 109 Å². The summed E-state index contributed by atoms with van der Waals surface area (Å²) in [6.45, 7) is 11.3. The summed E-state index contributed by atoms with van der Waals surface area (Å²) in [5, 5.41) is 3.50. The molecule has 1 rings (SSSR count). The van der Waals surface area contributed by atoms with Crippen LogP contribution in [0.2, 0.25) is 0 Å². The highest BCUT2D eigenvalue weighted by Gasteiger charge is 2.07. The van der Waals surface area contributed by atoms with E-state index in [0.29, 0.717) is 12.0 Å². The van der Waals surface area contributed by atoms with Crippen molar-refractivity contribution in [2.75, 3.05) is 19.8 Å². The van der Waals surface area contributed by atoms with Crippen LogP contribution in [0.5, 0.6) is 0 Å². The van der Waals surface area contributed by atoms with Crippen LogP contribution in [0.4, 0.5) is 0 Å². The van der Waals surface area contributed by atoms with Crippen molar-refractivity contribution in [3.05, 3.63) is 21.9 Å². The van der Waals surface area contributed by atoms with Gasteiger partial charge < -0.3 is 10.1 Å². The molecule has 0 amide bonds. The maximum Gasteiger partial charge on any atom is 0.0591 e. The lowest BCUT2D eigenvalue weighted by molar-refractivity contribution is 0.110. The lowest BCUT2D eigenvalue weighted by Gasteiger charge is -2.12. The van der Waals surface area contributed by atoms with Crippen LogP contribution < -0.4 is 5.32 Å². The largest absolute Gasteiger partial charge is 0.380 e. The van der Waals surface area contributed by atoms with Crippen molar-refractivity contribution in [2.24, 2.45) is 5.92 Å². The number of thiophene rings is 1. The maximum atomic E-state index is 5.55. The predicted molar refractivity (Wildman–Crippen MR) is 75.8 cm³/mol. The van der Waals surface area contributed by atoms with Gasteiger partial charge in [-0.1, -0.05) is 20.8 Å². The van der Waals surface area contributed by atoms with Crippen molar-refractivity contribution < 1.29 is 4.74 Å². The first-order valence-electron chi connectivity index (χ1n) is 6.53. The third kappa shape index (κ3) is 5.66. The van der Waals surface area contributed by atoms with Gasteiger partial charge in [-0.3, -0.25) is 0 Å². The zero-order valence-electron chi connectivity index (χ0n) is 11.5. The Hall–Kier alpha value is -0.380. The molecule has 98 valence electrons. The van der Waals surface area contributed by atoms with E-state index in [0.717, 1.165) is 26.2 Å². The summed E-state index contributed by atoms with van der Waals surface area (Å²) in [7, 11) is 0. The van der Waals surface area contributed by atoms with Gasteiger partial charge in [-0.05, 0) is 31.4 Å². The number of ether oxygens (including phenoxy) is 1. The van der Waals surface area contributed by atoms with Crippen LogP contribution in [0.1, 0.15) is 43.5 Å². The van der Waals surface area contributed by atoms with Crippen LogP contribution in [0.15, 0.2) is 12.1 Å². The number of nitrogens with one attached hydrogen (secondary N) is 1. The summed E-state index contributed by atoms with van der Waals surface area (Å²) in [6.07, 6.45) is 1.13. The van der Waals surface area contributed by atoms with Gasteiger partial charge in [0.15, 0.2) is 0 Å². The Morgan fingerprint density at radius 3 is 2.65 bits per heavy atom. The molecule has 1 atom stereocenters. The normalized spacial score (nSPS) is 13.2. The van der Waals surface area contributed by atoms with Crippen molar-refractivity contribution in [1.29, 1.82) is 0 Å². The average Bonchev–Trinajstić information content (AvgIpc) is 2.76. The van der Waals surface area contributed by atoms with E-state index in [1.165, 1.54) is 9.75 Å². The van der Waals surface area contributed by atoms with E-state index >= 15 is 0 Å². The highest BCUT2D eigenvalue weighted by atomic mass is 32.1. The standard InChI is InChI=1S/C14H25NOS/c1-5-13-6-7-14(17-13)12(4)15-8-9-16-10-11(2)3/h6-7,11-12,15H,5,8-10H2,1-4H3. The van der Waals surface area contributed by atoms with Crippen LogP contribution in [0.3, 0.4) is 0 Å². The molecule has 1 aromatic heterocycles. The fraction of sp³-hybridized carbons (Fsp3) is 0.714. The van der Waals surface area contributed by atoms with Gasteiger partial charge in [0.05, 0.1) is 6.61 Å². The number of aryl methyl sites for hydroxylation is 1. The molecule has 0 aromatic carbocycles. The first kappa shape index (κ1) is 14.7. The fourth-order valence-corrected chi connectivity index (χ4v) is 2.56. The van der Waals surface area contributed by atoms with E-state index in [4.69, 9.17) is 4.74 Å². The second-order valence-corrected chi connectivity index (χ2v) is 6.00. The van der Waals surface area contributed by atoms with Crippen molar-refractivity contribution in [1.82, 2.24) is 5.32 Å². The molecule has 0 radical (unpaired) electrons. The zero-order chi connectivity index (χ0) is 12.7. The summed E-state index contributed by atoms with van der Waals surface area (Å²) in [5.74, 6) is 0.622. The molecule has 0 spiro atoms. The topological polar surface area (TPSA) is 21.3 Å². The molecular formula is C14H25NOS. The molecule has 1 aromatic rings. The highest BCUT2D eigenvalue weighted by Crippen LogP contribution is 2.23. The Kier molecular flexibility index (Phi) is 6.78. The van der Waals surface area contributed by atoms with Crippen LogP contribution in [-0.2, 0) is 11.2 Å². The molecule has 0 saturated carbocycles. The monoisotopic (exact) mass is 255 g/mol. The molecule has 0 saturated heterocycles. The first-order chi connectivity index (χ1) is 8.13. The Morgan fingerprint density at radius 2 is 2.06 bits per heavy atom. The van der Waals surface area contributed by atoms with Gasteiger partial charge in [0.2, 0.25) is 0 Å². The van der Waals surface area contributed by atoms with Crippen molar-refractivity contribution in [2.45, 2.75) is 40.2 Å². The molecular weight excluding hydrogens is 230 g/mol. The Bertz CT molecular complexity index is 309. The van der Waals surface area contributed by atoms with Gasteiger partial charge in [0, 0.05) is 28.9 Å². The molecule has 0 bridgehead atoms. The van der Waals surface area contributed by atoms with Gasteiger partial charge in [-0.15, -0.1) is 11.3 Å². The second-order valence-electron chi connectivity index (χ2n) is 4.80. The Morgan fingerprint density at radius 1 is 1.29 bits per heavy atom. The summed E-state index contributed by atoms with van der Waals surface area (Å²) in [4.78, 5) is 2.88. The second kappa shape index (κ2) is 7.85. The number of rotatable bonds is 8. The smallest absolute Gasteiger partial charge is 0.0591 e. The van der Waals surface area contributed by atoms with Gasteiger partial charge >= 0.3 is 0 Å². The third-order valence-electron chi connectivity index (χ3n) is 2.61. The van der Waals surface area contributed by atoms with E-state index in [-0.39, 0.29) is 0 Å². The van der Waals surface area contributed by atoms with Crippen molar-refractivity contribution in [3.8, 4) is 0 Å². The quantitative estimate of drug-likeness (QED) is 0.716. The maximum absolute atomic E-state index is 5.55. The summed E-state index contributed by atoms with van der Waals surface area (Å²) >= 11 is 1.91. The molecule has 0 aliphatic heterocycles. The van der Waals surface area contributed by atoms with Crippen molar-refractivity contribution in [3.63, 3.8) is 0 Å². The minimum atomic E-state index is 0.433. The first-order valence-corrected chi connectivity index (χ1v) is 7.34. The van der Waals surface area contributed by atoms with Crippen LogP contribution in [0.25, 0.3) is 0 Å². The zero-order valence-corrected chi connectivity index (χ0v) is 12.3. The summed E-state index contributed by atoms with van der Waals surface area (Å²) in [5.41, 5.74) is 0. The average molecular weight is 255 g/mol. The molecule has 17 heavy (non-hydrogen) atoms.